The van der Waals surface area contributed by atoms with Crippen LogP contribution < -0.4 is 0 Å². The van der Waals surface area contributed by atoms with Gasteiger partial charge in [0.2, 0.25) is 0 Å². The number of rotatable bonds is 1. The molecular weight excluding hydrogens is 206 g/mol. The van der Waals surface area contributed by atoms with Gasteiger partial charge in [0.15, 0.2) is 0 Å². The third-order valence-corrected chi connectivity index (χ3v) is 4.47. The average molecular weight is 212 g/mol. The Morgan fingerprint density at radius 3 is 1.17 bits per heavy atom. The fraction of sp³-hybridized carbons (Fsp3) is 1.00. The summed E-state index contributed by atoms with van der Waals surface area (Å²) in [5.41, 5.74) is 0. The highest BCUT2D eigenvalue weighted by molar-refractivity contribution is 6.76. The summed E-state index contributed by atoms with van der Waals surface area (Å²) in [5, 5.41) is 0. The first-order chi connectivity index (χ1) is 5.06. The van der Waals surface area contributed by atoms with E-state index in [1.54, 1.807) is 0 Å². The van der Waals surface area contributed by atoms with E-state index in [0.717, 1.165) is 0 Å². The predicted molar refractivity (Wildman–Crippen MR) is 30.7 cm³/mol. The molecule has 0 aliphatic carbocycles. The molecule has 0 N–H and O–H groups in total. The minimum Gasteiger partial charge on any atom is -0.406 e. The smallest absolute Gasteiger partial charge is 0.406 e. The Hall–Kier alpha value is -0.243. The maximum atomic E-state index is 11.8. The van der Waals surface area contributed by atoms with Gasteiger partial charge < -0.3 is 4.43 Å². The Bertz CT molecular complexity index is 146. The minimum atomic E-state index is -5.63. The van der Waals surface area contributed by atoms with Crippen molar-refractivity contribution in [2.45, 2.75) is 18.1 Å². The van der Waals surface area contributed by atoms with Gasteiger partial charge in [0.25, 0.3) is 0 Å². The van der Waals surface area contributed by atoms with E-state index < -0.39 is 19.9 Å². The van der Waals surface area contributed by atoms with Crippen LogP contribution in [0.3, 0.4) is 0 Å². The zero-order valence-electron chi connectivity index (χ0n) is 6.18. The second-order valence-corrected chi connectivity index (χ2v) is 5.84. The van der Waals surface area contributed by atoms with E-state index in [0.29, 0.717) is 7.11 Å². The van der Waals surface area contributed by atoms with Crippen LogP contribution in [0.25, 0.3) is 0 Å². The minimum absolute atomic E-state index is 0.0764. The van der Waals surface area contributed by atoms with Gasteiger partial charge in [0.1, 0.15) is 0 Å². The third-order valence-electron chi connectivity index (χ3n) is 1.49. The van der Waals surface area contributed by atoms with E-state index in [2.05, 4.69) is 4.43 Å². The molecule has 0 atom stereocenters. The second kappa shape index (κ2) is 2.91. The molecule has 8 heteroatoms. The maximum absolute atomic E-state index is 11.8. The van der Waals surface area contributed by atoms with Crippen LogP contribution in [0.15, 0.2) is 0 Å². The Morgan fingerprint density at radius 2 is 1.17 bits per heavy atom. The molecule has 0 unspecified atom stereocenters. The monoisotopic (exact) mass is 212 g/mol. The van der Waals surface area contributed by atoms with Crippen molar-refractivity contribution in [2.75, 3.05) is 7.11 Å². The van der Waals surface area contributed by atoms with Crippen molar-refractivity contribution >= 4 is 8.32 Å². The van der Waals surface area contributed by atoms with Gasteiger partial charge in [-0.1, -0.05) is 0 Å². The Labute approximate surface area is 65.4 Å². The van der Waals surface area contributed by atoms with Crippen LogP contribution >= 0.6 is 0 Å². The normalized spacial score (nSPS) is 15.0. The largest absolute Gasteiger partial charge is 0.430 e. The molecule has 0 amide bonds. The van der Waals surface area contributed by atoms with Crippen molar-refractivity contribution in [1.82, 2.24) is 0 Å². The molecule has 0 aromatic rings. The van der Waals surface area contributed by atoms with E-state index in [4.69, 9.17) is 0 Å². The summed E-state index contributed by atoms with van der Waals surface area (Å²) < 4.78 is 74.5. The van der Waals surface area contributed by atoms with Gasteiger partial charge in [-0.25, -0.2) is 0 Å². The van der Waals surface area contributed by atoms with E-state index >= 15 is 0 Å². The lowest BCUT2D eigenvalue weighted by atomic mass is 11.5. The van der Waals surface area contributed by atoms with Crippen molar-refractivity contribution in [3.05, 3.63) is 0 Å². The van der Waals surface area contributed by atoms with Gasteiger partial charge in [-0.3, -0.25) is 0 Å². The fourth-order valence-corrected chi connectivity index (χ4v) is 1.18. The van der Waals surface area contributed by atoms with Crippen LogP contribution in [0.1, 0.15) is 0 Å². The zero-order chi connectivity index (χ0) is 10.2. The lowest BCUT2D eigenvalue weighted by molar-refractivity contribution is -0.134. The number of alkyl halides is 6. The van der Waals surface area contributed by atoms with Gasteiger partial charge in [0.05, 0.1) is 0 Å². The lowest BCUT2D eigenvalue weighted by Crippen LogP contribution is -2.61. The molecule has 74 valence electrons. The molecule has 0 bridgehead atoms. The van der Waals surface area contributed by atoms with Crippen LogP contribution in [0.4, 0.5) is 26.3 Å². The first-order valence-corrected chi connectivity index (χ1v) is 5.15. The quantitative estimate of drug-likeness (QED) is 0.479. The SMILES string of the molecule is CO[Si](C)(C(F)(F)F)C(F)(F)F. The van der Waals surface area contributed by atoms with Crippen LogP contribution in [-0.2, 0) is 4.43 Å². The van der Waals surface area contributed by atoms with Gasteiger partial charge in [-0.05, 0) is 6.55 Å². The summed E-state index contributed by atoms with van der Waals surface area (Å²) in [6, 6.07) is 0. The highest BCUT2D eigenvalue weighted by Crippen LogP contribution is 2.40. The molecule has 0 radical (unpaired) electrons. The molecule has 12 heavy (non-hydrogen) atoms. The number of halogens is 6. The zero-order valence-corrected chi connectivity index (χ0v) is 7.18. The topological polar surface area (TPSA) is 9.23 Å². The summed E-state index contributed by atoms with van der Waals surface area (Å²) in [7, 11) is -5.20. The predicted octanol–water partition coefficient (Wildman–Crippen LogP) is 2.41. The van der Waals surface area contributed by atoms with Crippen molar-refractivity contribution in [1.29, 1.82) is 0 Å². The van der Waals surface area contributed by atoms with Crippen molar-refractivity contribution < 1.29 is 30.8 Å². The summed E-state index contributed by atoms with van der Waals surface area (Å²) in [6.45, 7) is 0.0764. The van der Waals surface area contributed by atoms with Gasteiger partial charge in [0, 0.05) is 7.11 Å². The fourth-order valence-electron chi connectivity index (χ4n) is 0.392. The molecule has 0 saturated carbocycles. The van der Waals surface area contributed by atoms with Crippen LogP contribution in [0, 0.1) is 0 Å². The highest BCUT2D eigenvalue weighted by atomic mass is 28.4. The summed E-state index contributed by atoms with van der Waals surface area (Å²) >= 11 is 0. The molecular formula is C4H6F6OSi. The first kappa shape index (κ1) is 11.8. The van der Waals surface area contributed by atoms with Crippen LogP contribution in [-0.4, -0.2) is 27.0 Å². The molecule has 0 fully saturated rings. The summed E-state index contributed by atoms with van der Waals surface area (Å²) in [6.07, 6.45) is 0. The number of hydrogen-bond donors (Lipinski definition) is 0. The third kappa shape index (κ3) is 1.74. The Kier molecular flexibility index (Phi) is 2.85. The molecule has 0 aromatic heterocycles. The van der Waals surface area contributed by atoms with Gasteiger partial charge in [-0.15, -0.1) is 0 Å². The maximum Gasteiger partial charge on any atom is 0.430 e. The van der Waals surface area contributed by atoms with Crippen molar-refractivity contribution in [3.8, 4) is 0 Å². The first-order valence-electron chi connectivity index (χ1n) is 2.75. The molecule has 0 heterocycles. The standard InChI is InChI=1S/C4H6F6OSi/c1-11-12(2,3(5,6)7)4(8,9)10/h1-2H3. The molecule has 0 aromatic carbocycles. The molecule has 0 spiro atoms. The Balaban J connectivity index is 4.95. The summed E-state index contributed by atoms with van der Waals surface area (Å²) in [5.74, 6) is -10.6. The summed E-state index contributed by atoms with van der Waals surface area (Å²) in [4.78, 5) is 0. The molecule has 0 aliphatic heterocycles. The molecule has 1 nitrogen and oxygen atoms in total. The second-order valence-electron chi connectivity index (χ2n) is 2.23. The lowest BCUT2D eigenvalue weighted by Gasteiger charge is -2.28. The van der Waals surface area contributed by atoms with Gasteiger partial charge in [-0.2, -0.15) is 26.3 Å². The Morgan fingerprint density at radius 1 is 0.917 bits per heavy atom. The van der Waals surface area contributed by atoms with E-state index in [1.165, 1.54) is 0 Å². The molecule has 0 aliphatic rings. The van der Waals surface area contributed by atoms with E-state index in [-0.39, 0.29) is 6.55 Å². The van der Waals surface area contributed by atoms with E-state index in [1.807, 2.05) is 0 Å². The van der Waals surface area contributed by atoms with E-state index in [9.17, 15) is 26.3 Å². The van der Waals surface area contributed by atoms with Crippen LogP contribution in [0.2, 0.25) is 6.55 Å². The molecule has 0 saturated heterocycles. The highest BCUT2D eigenvalue weighted by Gasteiger charge is 2.72. The number of hydrogen-bond acceptors (Lipinski definition) is 1. The van der Waals surface area contributed by atoms with Crippen molar-refractivity contribution in [2.24, 2.45) is 0 Å². The van der Waals surface area contributed by atoms with Crippen molar-refractivity contribution in [3.63, 3.8) is 0 Å². The average Bonchev–Trinajstić information content (AvgIpc) is 1.81. The van der Waals surface area contributed by atoms with Crippen LogP contribution in [0.5, 0.6) is 0 Å². The van der Waals surface area contributed by atoms with Gasteiger partial charge >= 0.3 is 19.9 Å². The molecule has 0 rings (SSSR count).